The summed E-state index contributed by atoms with van der Waals surface area (Å²) in [5.74, 6) is -3.58. The Bertz CT molecular complexity index is 1300. The lowest BCUT2D eigenvalue weighted by molar-refractivity contribution is -0.159. The average Bonchev–Trinajstić information content (AvgIpc) is 3.59. The number of cyclic esters (lactones) is 1. The molecule has 0 aliphatic carbocycles. The molecule has 7 atom stereocenters. The summed E-state index contributed by atoms with van der Waals surface area (Å²) < 4.78 is 12.1. The van der Waals surface area contributed by atoms with Crippen LogP contribution in [0.3, 0.4) is 0 Å². The molecular formula is C31H38ClN3O7. The number of carbonyl (C=O) groups excluding carboxylic acids is 4. The third-order valence-electron chi connectivity index (χ3n) is 8.47. The monoisotopic (exact) mass is 599 g/mol. The second-order valence-corrected chi connectivity index (χ2v) is 12.3. The number of allylic oxidation sites excluding steroid dienone is 1. The van der Waals surface area contributed by atoms with Crippen molar-refractivity contribution < 1.29 is 33.8 Å². The van der Waals surface area contributed by atoms with Gasteiger partial charge in [-0.25, -0.2) is 0 Å². The van der Waals surface area contributed by atoms with Crippen LogP contribution in [-0.2, 0) is 28.7 Å². The van der Waals surface area contributed by atoms with Gasteiger partial charge in [-0.1, -0.05) is 61.9 Å². The lowest BCUT2D eigenvalue weighted by Gasteiger charge is -2.39. The number of hydrogen-bond acceptors (Lipinski definition) is 7. The normalized spacial score (nSPS) is 33.1. The first-order chi connectivity index (χ1) is 20.1. The van der Waals surface area contributed by atoms with E-state index >= 15 is 0 Å². The van der Waals surface area contributed by atoms with Crippen molar-refractivity contribution in [3.8, 4) is 0 Å². The Labute approximate surface area is 250 Å². The van der Waals surface area contributed by atoms with Gasteiger partial charge in [-0.15, -0.1) is 0 Å². The highest BCUT2D eigenvalue weighted by Crippen LogP contribution is 2.56. The molecule has 0 radical (unpaired) electrons. The zero-order valence-electron chi connectivity index (χ0n) is 24.1. The zero-order valence-corrected chi connectivity index (χ0v) is 24.8. The fourth-order valence-electron chi connectivity index (χ4n) is 6.67. The SMILES string of the molecule is CC(C)C[C@H](CO)N1C(=O)[C@H]2[C@@H]3C(=O)O[C@H](C)CNC(=O)CC/C=C\CN(c4ccccc4Cl)C(=O)[C@H]1[C@@]21C=C[C@@H]3O1. The average molecular weight is 600 g/mol. The second-order valence-electron chi connectivity index (χ2n) is 11.9. The zero-order chi connectivity index (χ0) is 30.2. The first-order valence-corrected chi connectivity index (χ1v) is 14.9. The summed E-state index contributed by atoms with van der Waals surface area (Å²) in [6, 6.07) is 5.09. The largest absolute Gasteiger partial charge is 0.460 e. The Morgan fingerprint density at radius 1 is 1.14 bits per heavy atom. The molecule has 2 N–H and O–H groups in total. The van der Waals surface area contributed by atoms with Crippen LogP contribution in [0.15, 0.2) is 48.6 Å². The number of carbonyl (C=O) groups is 4. The Morgan fingerprint density at radius 2 is 1.90 bits per heavy atom. The number of para-hydroxylation sites is 1. The van der Waals surface area contributed by atoms with E-state index in [1.165, 1.54) is 9.80 Å². The third-order valence-corrected chi connectivity index (χ3v) is 8.79. The number of esters is 1. The number of nitrogens with zero attached hydrogens (tertiary/aromatic N) is 2. The van der Waals surface area contributed by atoms with Crippen molar-refractivity contribution in [2.45, 2.75) is 69.9 Å². The van der Waals surface area contributed by atoms with E-state index in [1.807, 2.05) is 19.9 Å². The van der Waals surface area contributed by atoms with Crippen LogP contribution in [0.1, 0.15) is 40.0 Å². The quantitative estimate of drug-likeness (QED) is 0.394. The maximum atomic E-state index is 14.8. The van der Waals surface area contributed by atoms with Gasteiger partial charge in [0.25, 0.3) is 5.91 Å². The summed E-state index contributed by atoms with van der Waals surface area (Å²) in [5.41, 5.74) is -0.982. The van der Waals surface area contributed by atoms with Gasteiger partial charge in [0.1, 0.15) is 23.7 Å². The number of benzene rings is 1. The molecule has 11 heteroatoms. The van der Waals surface area contributed by atoms with E-state index in [2.05, 4.69) is 5.32 Å². The fraction of sp³-hybridized carbons (Fsp3) is 0.548. The molecule has 0 saturated carbocycles. The summed E-state index contributed by atoms with van der Waals surface area (Å²) in [4.78, 5) is 58.0. The predicted molar refractivity (Wildman–Crippen MR) is 155 cm³/mol. The number of rotatable bonds is 5. The van der Waals surface area contributed by atoms with Gasteiger partial charge < -0.3 is 29.7 Å². The molecule has 5 bridgehead atoms. The molecule has 5 rings (SSSR count). The van der Waals surface area contributed by atoms with E-state index in [9.17, 15) is 24.3 Å². The van der Waals surface area contributed by atoms with Crippen LogP contribution in [-0.4, -0.2) is 83.3 Å². The number of nitrogens with one attached hydrogen (secondary N) is 1. The number of aliphatic hydroxyl groups is 1. The molecule has 1 aromatic carbocycles. The van der Waals surface area contributed by atoms with Gasteiger partial charge in [-0.2, -0.15) is 0 Å². The summed E-state index contributed by atoms with van der Waals surface area (Å²) in [6.45, 7) is 5.51. The van der Waals surface area contributed by atoms with E-state index in [0.29, 0.717) is 23.6 Å². The molecule has 1 spiro atoms. The van der Waals surface area contributed by atoms with Gasteiger partial charge in [0.2, 0.25) is 11.8 Å². The maximum Gasteiger partial charge on any atom is 0.313 e. The maximum absolute atomic E-state index is 14.8. The van der Waals surface area contributed by atoms with Crippen molar-refractivity contribution in [2.24, 2.45) is 17.8 Å². The van der Waals surface area contributed by atoms with Crippen LogP contribution in [0.25, 0.3) is 0 Å². The minimum absolute atomic E-state index is 0.112. The van der Waals surface area contributed by atoms with Crippen molar-refractivity contribution in [1.82, 2.24) is 10.2 Å². The molecule has 2 saturated heterocycles. The third kappa shape index (κ3) is 5.36. The van der Waals surface area contributed by atoms with Gasteiger partial charge >= 0.3 is 5.97 Å². The second kappa shape index (κ2) is 12.2. The van der Waals surface area contributed by atoms with Crippen LogP contribution in [0.2, 0.25) is 5.02 Å². The van der Waals surface area contributed by atoms with Crippen LogP contribution in [0.4, 0.5) is 5.69 Å². The van der Waals surface area contributed by atoms with Gasteiger partial charge in [-0.05, 0) is 37.8 Å². The molecule has 1 aromatic rings. The molecule has 10 nitrogen and oxygen atoms in total. The topological polar surface area (TPSA) is 125 Å². The summed E-state index contributed by atoms with van der Waals surface area (Å²) in [6.07, 6.45) is 6.77. The van der Waals surface area contributed by atoms with Crippen molar-refractivity contribution >= 4 is 41.0 Å². The first-order valence-electron chi connectivity index (χ1n) is 14.6. The van der Waals surface area contributed by atoms with Crippen molar-refractivity contribution in [1.29, 1.82) is 0 Å². The Kier molecular flexibility index (Phi) is 8.78. The van der Waals surface area contributed by atoms with E-state index in [1.54, 1.807) is 49.4 Å². The molecule has 2 fully saturated rings. The Hall–Kier alpha value is -3.21. The van der Waals surface area contributed by atoms with Gasteiger partial charge in [0.05, 0.1) is 41.9 Å². The molecule has 4 aliphatic heterocycles. The highest BCUT2D eigenvalue weighted by atomic mass is 35.5. The summed E-state index contributed by atoms with van der Waals surface area (Å²) in [7, 11) is 0. The van der Waals surface area contributed by atoms with Crippen molar-refractivity contribution in [2.75, 3.05) is 24.6 Å². The predicted octanol–water partition coefficient (Wildman–Crippen LogP) is 2.63. The molecular weight excluding hydrogens is 562 g/mol. The number of anilines is 1. The van der Waals surface area contributed by atoms with Gasteiger partial charge in [0, 0.05) is 13.0 Å². The number of ether oxygens (including phenoxy) is 2. The van der Waals surface area contributed by atoms with Crippen LogP contribution in [0, 0.1) is 17.8 Å². The van der Waals surface area contributed by atoms with Crippen molar-refractivity contribution in [3.05, 3.63) is 53.6 Å². The molecule has 0 unspecified atom stereocenters. The van der Waals surface area contributed by atoms with Gasteiger partial charge in [-0.3, -0.25) is 19.2 Å². The van der Waals surface area contributed by atoms with Gasteiger partial charge in [0.15, 0.2) is 0 Å². The number of fused-ring (bicyclic) bond motifs is 2. The fourth-order valence-corrected chi connectivity index (χ4v) is 6.91. The summed E-state index contributed by atoms with van der Waals surface area (Å²) in [5, 5.41) is 13.6. The Balaban J connectivity index is 1.64. The first kappa shape index (κ1) is 30.3. The minimum atomic E-state index is -1.43. The number of amides is 3. The molecule has 226 valence electrons. The van der Waals surface area contributed by atoms with E-state index in [0.717, 1.165) is 0 Å². The number of hydrogen-bond donors (Lipinski definition) is 2. The highest BCUT2D eigenvalue weighted by Gasteiger charge is 2.74. The molecule has 42 heavy (non-hydrogen) atoms. The minimum Gasteiger partial charge on any atom is -0.460 e. The lowest BCUT2D eigenvalue weighted by Crippen LogP contribution is -2.59. The molecule has 4 aliphatic rings. The standard InChI is InChI=1S/C31H38ClN3O7/c1-18(2)15-20(17-36)35-27-29(39)34(22-10-7-6-9-21(22)32)14-8-4-5-11-24(37)33-16-19(3)41-30(40)25-23-12-13-31(27,42-23)26(25)28(35)38/h4,6-10,12-13,18-20,23,25-27,36H,5,11,14-17H2,1-3H3,(H,33,37)/b8-4-/t19-,20-,23+,25-,26-,27+,31-/m1/s1. The summed E-state index contributed by atoms with van der Waals surface area (Å²) >= 11 is 6.59. The number of halogens is 1. The van der Waals surface area contributed by atoms with E-state index in [4.69, 9.17) is 21.1 Å². The molecule has 3 amide bonds. The van der Waals surface area contributed by atoms with Crippen LogP contribution in [0.5, 0.6) is 0 Å². The van der Waals surface area contributed by atoms with E-state index < -0.39 is 59.5 Å². The number of aliphatic hydroxyl groups excluding tert-OH is 1. The number of likely N-dealkylation sites (tertiary alicyclic amines) is 1. The highest BCUT2D eigenvalue weighted by molar-refractivity contribution is 6.34. The Morgan fingerprint density at radius 3 is 2.62 bits per heavy atom. The lowest BCUT2D eigenvalue weighted by atomic mass is 9.74. The van der Waals surface area contributed by atoms with E-state index in [-0.39, 0.29) is 37.9 Å². The smallest absolute Gasteiger partial charge is 0.313 e. The van der Waals surface area contributed by atoms with Crippen LogP contribution < -0.4 is 10.2 Å². The van der Waals surface area contributed by atoms with Crippen LogP contribution >= 0.6 is 11.6 Å². The molecule has 0 aromatic heterocycles. The van der Waals surface area contributed by atoms with Crippen molar-refractivity contribution in [3.63, 3.8) is 0 Å². The molecule has 4 heterocycles.